The molecule has 0 unspecified atom stereocenters. The number of allylic oxidation sites excluding steroid dienone is 12. The standard InChI is InChI=1S/C51H81N3O18/c1-30-17-15-13-11-9-7-5-6-8-10-12-14-16-18-37(71-50-48(66)45(54-42(62)29-52)47(65)33(4)70-50)26-41-44(49(67)53-21-22-55)40(61)28-51(68,72-41)27-36(58)24-39(60)38(59)20-19-34(56)23-35(57)25-43(63)69-32(3)31(2)46(30)64/h5-18,30-41,44-48,50,55-61,64-66,68H,19-29,52H2,1-4H3,(H,53,67)(H,54,62)/b6-5+,9-7+,10-8+,13-11+,14-12+,17-15+,18-16+/t30-,31-,32-,33+,34+,35+,36-,37-,38+,39+,40-,41-,44+,45-,46+,47+,48-,50-,51+/m0/s1. The number of ether oxygens (including phenoxy) is 4. The molecule has 3 aliphatic rings. The number of esters is 1. The van der Waals surface area contributed by atoms with E-state index in [-0.39, 0.29) is 38.1 Å². The second-order valence-corrected chi connectivity index (χ2v) is 19.0. The third-order valence-electron chi connectivity index (χ3n) is 12.9. The maximum atomic E-state index is 13.5. The number of aliphatic hydroxyl groups excluding tert-OH is 10. The fraction of sp³-hybridized carbons (Fsp3) is 0.667. The van der Waals surface area contributed by atoms with Gasteiger partial charge >= 0.3 is 5.97 Å². The summed E-state index contributed by atoms with van der Waals surface area (Å²) in [5.74, 6) is -6.66. The molecule has 0 spiro atoms. The molecular formula is C51H81N3O18. The van der Waals surface area contributed by atoms with Gasteiger partial charge in [0, 0.05) is 44.1 Å². The van der Waals surface area contributed by atoms with Crippen molar-refractivity contribution in [2.45, 2.75) is 177 Å². The fourth-order valence-corrected chi connectivity index (χ4v) is 8.67. The molecule has 0 aliphatic carbocycles. The van der Waals surface area contributed by atoms with Gasteiger partial charge in [0.25, 0.3) is 0 Å². The quantitative estimate of drug-likeness (QED) is 0.134. The maximum absolute atomic E-state index is 13.5. The fourth-order valence-electron chi connectivity index (χ4n) is 8.67. The number of nitrogens with two attached hydrogens (primary N) is 1. The van der Waals surface area contributed by atoms with Crippen LogP contribution in [0.5, 0.6) is 0 Å². The van der Waals surface area contributed by atoms with Gasteiger partial charge in [0.2, 0.25) is 11.8 Å². The highest BCUT2D eigenvalue weighted by Gasteiger charge is 2.51. The van der Waals surface area contributed by atoms with E-state index in [0.29, 0.717) is 0 Å². The predicted octanol–water partition coefficient (Wildman–Crippen LogP) is -1.15. The SMILES string of the molecule is C[C@@H]1[C@H](O)[C@@H](C)/C=C/C=C/C=C/C=C/C=C/C=C/C=C/[C@H](O[C@@H]2O[C@H](C)[C@@H](O)[C@H](NC(=O)CN)[C@@H]2O)C[C@@H]2O[C@](O)(C[C@@H](O)C[C@@H](O)[C@H](O)CC[C@@H](O)C[C@@H](O)CC(=O)O[C@H]1C)C[C@H](O)[C@H]2C(=O)NCCO. The van der Waals surface area contributed by atoms with Crippen molar-refractivity contribution in [1.82, 2.24) is 10.6 Å². The average Bonchev–Trinajstić information content (AvgIpc) is 3.31. The molecule has 3 rings (SSSR count). The molecule has 3 heterocycles. The van der Waals surface area contributed by atoms with E-state index in [9.17, 15) is 70.6 Å². The van der Waals surface area contributed by atoms with Crippen LogP contribution in [0.3, 0.4) is 0 Å². The highest BCUT2D eigenvalue weighted by Crippen LogP contribution is 2.38. The number of cyclic esters (lactones) is 1. The Bertz CT molecular complexity index is 1860. The lowest BCUT2D eigenvalue weighted by Crippen LogP contribution is -2.64. The number of aliphatic hydroxyl groups is 11. The summed E-state index contributed by atoms with van der Waals surface area (Å²) < 4.78 is 23.7. The molecule has 3 aliphatic heterocycles. The Hall–Kier alpha value is -4.01. The van der Waals surface area contributed by atoms with Gasteiger partial charge in [-0.15, -0.1) is 0 Å². The molecule has 2 saturated heterocycles. The molecule has 2 amide bonds. The molecule has 19 atom stereocenters. The summed E-state index contributed by atoms with van der Waals surface area (Å²) in [5, 5.41) is 125. The van der Waals surface area contributed by atoms with Gasteiger partial charge in [-0.1, -0.05) is 98.9 Å². The zero-order valence-electron chi connectivity index (χ0n) is 41.6. The van der Waals surface area contributed by atoms with Crippen LogP contribution in [0.2, 0.25) is 0 Å². The molecule has 21 heteroatoms. The number of hydrogen-bond acceptors (Lipinski definition) is 19. The van der Waals surface area contributed by atoms with Crippen LogP contribution in [0.4, 0.5) is 0 Å². The predicted molar refractivity (Wildman–Crippen MR) is 262 cm³/mol. The minimum atomic E-state index is -2.34. The van der Waals surface area contributed by atoms with Crippen LogP contribution in [-0.2, 0) is 33.3 Å². The van der Waals surface area contributed by atoms with Crippen LogP contribution in [0.25, 0.3) is 0 Å². The van der Waals surface area contributed by atoms with E-state index in [1.165, 1.54) is 13.0 Å². The van der Waals surface area contributed by atoms with E-state index in [1.54, 1.807) is 86.8 Å². The van der Waals surface area contributed by atoms with Gasteiger partial charge in [0.05, 0.1) is 92.6 Å². The molecule has 0 saturated carbocycles. The third kappa shape index (κ3) is 21.1. The normalized spacial score (nSPS) is 42.1. The van der Waals surface area contributed by atoms with Crippen LogP contribution >= 0.6 is 0 Å². The molecule has 21 nitrogen and oxygen atoms in total. The number of carbonyl (C=O) groups is 3. The molecule has 408 valence electrons. The Labute approximate surface area is 421 Å². The van der Waals surface area contributed by atoms with Gasteiger partial charge in [-0.25, -0.2) is 0 Å². The number of carbonyl (C=O) groups excluding carboxylic acids is 3. The van der Waals surface area contributed by atoms with Crippen molar-refractivity contribution >= 4 is 17.8 Å². The summed E-state index contributed by atoms with van der Waals surface area (Å²) in [7, 11) is 0. The largest absolute Gasteiger partial charge is 0.462 e. The molecule has 72 heavy (non-hydrogen) atoms. The van der Waals surface area contributed by atoms with Crippen LogP contribution in [0.15, 0.2) is 85.1 Å². The first kappa shape index (κ1) is 62.3. The van der Waals surface area contributed by atoms with Crippen molar-refractivity contribution in [2.75, 3.05) is 19.7 Å². The Morgan fingerprint density at radius 1 is 0.708 bits per heavy atom. The highest BCUT2D eigenvalue weighted by molar-refractivity contribution is 5.80. The average molecular weight is 1020 g/mol. The van der Waals surface area contributed by atoms with E-state index in [0.717, 1.165) is 0 Å². The Morgan fingerprint density at radius 3 is 1.90 bits per heavy atom. The molecule has 2 fully saturated rings. The van der Waals surface area contributed by atoms with Crippen molar-refractivity contribution in [1.29, 1.82) is 0 Å². The summed E-state index contributed by atoms with van der Waals surface area (Å²) in [6, 6.07) is -1.28. The van der Waals surface area contributed by atoms with E-state index >= 15 is 0 Å². The Balaban J connectivity index is 1.96. The van der Waals surface area contributed by atoms with Gasteiger partial charge in [-0.2, -0.15) is 0 Å². The first-order chi connectivity index (χ1) is 34.1. The van der Waals surface area contributed by atoms with E-state index < -0.39 is 166 Å². The first-order valence-electron chi connectivity index (χ1n) is 24.7. The van der Waals surface area contributed by atoms with Gasteiger partial charge < -0.3 is 91.5 Å². The zero-order valence-corrected chi connectivity index (χ0v) is 41.6. The summed E-state index contributed by atoms with van der Waals surface area (Å²) in [6.45, 7) is 5.63. The number of amides is 2. The third-order valence-corrected chi connectivity index (χ3v) is 12.9. The van der Waals surface area contributed by atoms with Crippen LogP contribution in [0, 0.1) is 17.8 Å². The number of nitrogens with one attached hydrogen (secondary N) is 2. The molecular weight excluding hydrogens is 943 g/mol. The number of rotatable bonds is 7. The minimum absolute atomic E-state index is 0.121. The maximum Gasteiger partial charge on any atom is 0.308 e. The summed E-state index contributed by atoms with van der Waals surface area (Å²) >= 11 is 0. The summed E-state index contributed by atoms with van der Waals surface area (Å²) in [6.07, 6.45) is 2.73. The van der Waals surface area contributed by atoms with Crippen molar-refractivity contribution in [2.24, 2.45) is 23.5 Å². The molecule has 2 bridgehead atoms. The summed E-state index contributed by atoms with van der Waals surface area (Å²) in [5.41, 5.74) is 5.47. The second-order valence-electron chi connectivity index (χ2n) is 19.0. The molecule has 15 N–H and O–H groups in total. The van der Waals surface area contributed by atoms with Crippen LogP contribution in [0.1, 0.15) is 79.1 Å². The molecule has 0 aromatic heterocycles. The van der Waals surface area contributed by atoms with E-state index in [4.69, 9.17) is 24.7 Å². The van der Waals surface area contributed by atoms with E-state index in [2.05, 4.69) is 10.6 Å². The van der Waals surface area contributed by atoms with Gasteiger partial charge in [0.1, 0.15) is 18.3 Å². The van der Waals surface area contributed by atoms with Crippen molar-refractivity contribution < 1.29 is 89.5 Å². The lowest BCUT2D eigenvalue weighted by molar-refractivity contribution is -0.307. The van der Waals surface area contributed by atoms with Crippen molar-refractivity contribution in [3.05, 3.63) is 85.1 Å². The lowest BCUT2D eigenvalue weighted by atomic mass is 9.82. The van der Waals surface area contributed by atoms with Crippen LogP contribution in [-0.4, -0.2) is 191 Å². The monoisotopic (exact) mass is 1020 g/mol. The van der Waals surface area contributed by atoms with Crippen molar-refractivity contribution in [3.8, 4) is 0 Å². The Morgan fingerprint density at radius 2 is 1.31 bits per heavy atom. The van der Waals surface area contributed by atoms with Gasteiger partial charge in [-0.3, -0.25) is 14.4 Å². The molecule has 0 radical (unpaired) electrons. The number of fused-ring (bicyclic) bond motifs is 2. The van der Waals surface area contributed by atoms with Gasteiger partial charge in [0.15, 0.2) is 12.1 Å². The lowest BCUT2D eigenvalue weighted by Gasteiger charge is -2.46. The zero-order chi connectivity index (χ0) is 53.5. The van der Waals surface area contributed by atoms with E-state index in [1.807, 2.05) is 13.0 Å². The van der Waals surface area contributed by atoms with Crippen LogP contribution < -0.4 is 16.4 Å². The summed E-state index contributed by atoms with van der Waals surface area (Å²) in [4.78, 5) is 38.5. The smallest absolute Gasteiger partial charge is 0.308 e. The van der Waals surface area contributed by atoms with Crippen molar-refractivity contribution in [3.63, 3.8) is 0 Å². The molecule has 0 aromatic carbocycles. The molecule has 0 aromatic rings. The minimum Gasteiger partial charge on any atom is -0.462 e. The highest BCUT2D eigenvalue weighted by atomic mass is 16.7. The topological polar surface area (TPSA) is 361 Å². The Kier molecular flexibility index (Phi) is 27.4. The first-order valence-corrected chi connectivity index (χ1v) is 24.7. The number of hydrogen-bond donors (Lipinski definition) is 14. The van der Waals surface area contributed by atoms with Gasteiger partial charge in [-0.05, 0) is 33.1 Å². The second kappa shape index (κ2) is 31.7.